The molecule has 4 rings (SSSR count). The quantitative estimate of drug-likeness (QED) is 0.518. The minimum absolute atomic E-state index is 0.000677. The zero-order valence-corrected chi connectivity index (χ0v) is 20.2. The number of hydrogen-bond acceptors (Lipinski definition) is 5. The van der Waals surface area contributed by atoms with Gasteiger partial charge in [0.15, 0.2) is 0 Å². The van der Waals surface area contributed by atoms with Crippen LogP contribution in [0.4, 0.5) is 4.39 Å². The summed E-state index contributed by atoms with van der Waals surface area (Å²) in [5.41, 5.74) is 1.76. The number of nitrogens with zero attached hydrogens (tertiary/aromatic N) is 4. The first-order valence-corrected chi connectivity index (χ1v) is 11.7. The summed E-state index contributed by atoms with van der Waals surface area (Å²) in [7, 11) is 0. The largest absolute Gasteiger partial charge is 0.347 e. The first-order chi connectivity index (χ1) is 16.7. The Morgan fingerprint density at radius 2 is 2.03 bits per heavy atom. The number of halogens is 1. The number of rotatable bonds is 7. The van der Waals surface area contributed by atoms with E-state index < -0.39 is 17.4 Å². The van der Waals surface area contributed by atoms with Crippen LogP contribution in [-0.2, 0) is 13.1 Å². The van der Waals surface area contributed by atoms with Crippen LogP contribution in [0.1, 0.15) is 54.1 Å². The third-order valence-electron chi connectivity index (χ3n) is 6.31. The van der Waals surface area contributed by atoms with Crippen LogP contribution in [0.5, 0.6) is 0 Å². The van der Waals surface area contributed by atoms with Crippen LogP contribution < -0.4 is 10.9 Å². The van der Waals surface area contributed by atoms with Gasteiger partial charge < -0.3 is 5.32 Å². The van der Waals surface area contributed by atoms with E-state index in [9.17, 15) is 14.0 Å². The second kappa shape index (κ2) is 9.92. The summed E-state index contributed by atoms with van der Waals surface area (Å²) in [5.74, 6) is -0.687. The van der Waals surface area contributed by atoms with Gasteiger partial charge in [-0.05, 0) is 54.6 Å². The molecule has 0 atom stereocenters. The van der Waals surface area contributed by atoms with Gasteiger partial charge in [0, 0.05) is 42.9 Å². The molecule has 35 heavy (non-hydrogen) atoms. The minimum atomic E-state index is -0.479. The number of aromatic nitrogens is 3. The smallest absolute Gasteiger partial charge is 0.270 e. The van der Waals surface area contributed by atoms with Gasteiger partial charge >= 0.3 is 0 Å². The third kappa shape index (κ3) is 5.54. The monoisotopic (exact) mass is 475 g/mol. The molecule has 1 fully saturated rings. The molecule has 3 heterocycles. The lowest BCUT2D eigenvalue weighted by Gasteiger charge is -2.38. The first kappa shape index (κ1) is 24.5. The second-order valence-electron chi connectivity index (χ2n) is 9.72. The molecule has 7 nitrogen and oxygen atoms in total. The third-order valence-corrected chi connectivity index (χ3v) is 6.31. The SMILES string of the molecule is C=Cc1nc(C(=O)NCc2ccc3nc(F)c(CN4CCCC(C)(C)C4)cc3c2)cc(=O)n1C=C. The van der Waals surface area contributed by atoms with E-state index in [2.05, 4.69) is 47.2 Å². The van der Waals surface area contributed by atoms with Crippen molar-refractivity contribution in [3.63, 3.8) is 0 Å². The van der Waals surface area contributed by atoms with Gasteiger partial charge in [0.05, 0.1) is 5.52 Å². The van der Waals surface area contributed by atoms with Crippen molar-refractivity contribution in [3.8, 4) is 0 Å². The summed E-state index contributed by atoms with van der Waals surface area (Å²) in [6.45, 7) is 14.3. The van der Waals surface area contributed by atoms with Crippen LogP contribution >= 0.6 is 0 Å². The van der Waals surface area contributed by atoms with E-state index in [1.54, 1.807) is 12.1 Å². The van der Waals surface area contributed by atoms with Gasteiger partial charge in [0.2, 0.25) is 5.95 Å². The van der Waals surface area contributed by atoms with Crippen molar-refractivity contribution in [3.05, 3.63) is 82.4 Å². The molecule has 1 amide bonds. The Morgan fingerprint density at radius 3 is 2.74 bits per heavy atom. The number of piperidine rings is 1. The van der Waals surface area contributed by atoms with E-state index in [1.807, 2.05) is 12.1 Å². The van der Waals surface area contributed by atoms with Crippen molar-refractivity contribution in [2.45, 2.75) is 39.8 Å². The fraction of sp³-hybridized carbons (Fsp3) is 0.333. The highest BCUT2D eigenvalue weighted by atomic mass is 19.1. The Hall–Kier alpha value is -3.65. The molecule has 0 radical (unpaired) electrons. The van der Waals surface area contributed by atoms with E-state index in [1.165, 1.54) is 23.3 Å². The van der Waals surface area contributed by atoms with Crippen LogP contribution in [0.2, 0.25) is 0 Å². The molecule has 0 spiro atoms. The average molecular weight is 476 g/mol. The Balaban J connectivity index is 1.50. The zero-order valence-electron chi connectivity index (χ0n) is 20.2. The molecular weight excluding hydrogens is 445 g/mol. The number of likely N-dealkylation sites (tertiary alicyclic amines) is 1. The van der Waals surface area contributed by atoms with E-state index in [-0.39, 0.29) is 23.5 Å². The van der Waals surface area contributed by atoms with Gasteiger partial charge in [-0.1, -0.05) is 33.1 Å². The zero-order chi connectivity index (χ0) is 25.2. The van der Waals surface area contributed by atoms with Gasteiger partial charge in [-0.25, -0.2) is 9.97 Å². The summed E-state index contributed by atoms with van der Waals surface area (Å²) in [5, 5.41) is 3.59. The van der Waals surface area contributed by atoms with Crippen molar-refractivity contribution in [2.75, 3.05) is 13.1 Å². The van der Waals surface area contributed by atoms with E-state index >= 15 is 0 Å². The number of carbonyl (C=O) groups is 1. The van der Waals surface area contributed by atoms with Crippen molar-refractivity contribution in [1.29, 1.82) is 0 Å². The molecular formula is C27H30FN5O2. The maximum Gasteiger partial charge on any atom is 0.270 e. The Kier molecular flexibility index (Phi) is 6.93. The lowest BCUT2D eigenvalue weighted by atomic mass is 9.84. The topological polar surface area (TPSA) is 80.1 Å². The Bertz CT molecular complexity index is 1360. The van der Waals surface area contributed by atoms with Gasteiger partial charge in [-0.15, -0.1) is 0 Å². The van der Waals surface area contributed by atoms with E-state index in [0.717, 1.165) is 36.5 Å². The second-order valence-corrected chi connectivity index (χ2v) is 9.72. The molecule has 182 valence electrons. The number of amides is 1. The first-order valence-electron chi connectivity index (χ1n) is 11.7. The Morgan fingerprint density at radius 1 is 1.23 bits per heavy atom. The van der Waals surface area contributed by atoms with Crippen LogP contribution in [0.15, 0.2) is 48.3 Å². The molecule has 1 aliphatic heterocycles. The van der Waals surface area contributed by atoms with Crippen LogP contribution in [-0.4, -0.2) is 38.4 Å². The standard InChI is InChI=1S/C27H30FN5O2/c1-5-23-30-22(14-24(34)33(23)6-2)26(35)29-15-18-8-9-21-19(12-18)13-20(25(28)31-21)16-32-11-7-10-27(3,4)17-32/h5-6,8-9,12-14H,1-2,7,10-11,15-17H2,3-4H3,(H,29,35). The number of nitrogens with one attached hydrogen (secondary N) is 1. The summed E-state index contributed by atoms with van der Waals surface area (Å²) in [6, 6.07) is 8.43. The highest BCUT2D eigenvalue weighted by molar-refractivity contribution is 5.92. The van der Waals surface area contributed by atoms with Gasteiger partial charge in [0.1, 0.15) is 11.5 Å². The molecule has 0 bridgehead atoms. The van der Waals surface area contributed by atoms with Gasteiger partial charge in [0.25, 0.3) is 11.5 Å². The van der Waals surface area contributed by atoms with Crippen molar-refractivity contribution in [1.82, 2.24) is 24.8 Å². The van der Waals surface area contributed by atoms with Crippen LogP contribution in [0, 0.1) is 11.4 Å². The van der Waals surface area contributed by atoms with Crippen molar-refractivity contribution < 1.29 is 9.18 Å². The fourth-order valence-corrected chi connectivity index (χ4v) is 4.61. The maximum atomic E-state index is 14.7. The maximum absolute atomic E-state index is 14.7. The van der Waals surface area contributed by atoms with Gasteiger partial charge in [-0.2, -0.15) is 4.39 Å². The molecule has 8 heteroatoms. The summed E-state index contributed by atoms with van der Waals surface area (Å²) in [6.07, 6.45) is 4.98. The normalized spacial score (nSPS) is 15.6. The number of benzene rings is 1. The lowest BCUT2D eigenvalue weighted by Crippen LogP contribution is -2.39. The number of carbonyl (C=O) groups excluding carboxylic acids is 1. The number of pyridine rings is 1. The highest BCUT2D eigenvalue weighted by Crippen LogP contribution is 2.30. The minimum Gasteiger partial charge on any atom is -0.347 e. The predicted octanol–water partition coefficient (Wildman–Crippen LogP) is 4.23. The van der Waals surface area contributed by atoms with Crippen LogP contribution in [0.25, 0.3) is 23.2 Å². The molecule has 0 unspecified atom stereocenters. The lowest BCUT2D eigenvalue weighted by molar-refractivity contribution is 0.0945. The number of fused-ring (bicyclic) bond motifs is 1. The molecule has 0 saturated carbocycles. The average Bonchev–Trinajstić information content (AvgIpc) is 2.81. The van der Waals surface area contributed by atoms with Crippen molar-refractivity contribution >= 4 is 29.1 Å². The van der Waals surface area contributed by atoms with Gasteiger partial charge in [-0.3, -0.25) is 19.1 Å². The van der Waals surface area contributed by atoms with E-state index in [4.69, 9.17) is 0 Å². The molecule has 1 aromatic carbocycles. The fourth-order valence-electron chi connectivity index (χ4n) is 4.61. The van der Waals surface area contributed by atoms with E-state index in [0.29, 0.717) is 17.6 Å². The predicted molar refractivity (Wildman–Crippen MR) is 136 cm³/mol. The summed E-state index contributed by atoms with van der Waals surface area (Å²) in [4.78, 5) is 35.4. The van der Waals surface area contributed by atoms with Crippen molar-refractivity contribution in [2.24, 2.45) is 5.41 Å². The molecule has 0 aliphatic carbocycles. The molecule has 1 saturated heterocycles. The Labute approximate surface area is 204 Å². The molecule has 2 aromatic heterocycles. The molecule has 1 N–H and O–H groups in total. The highest BCUT2D eigenvalue weighted by Gasteiger charge is 2.27. The van der Waals surface area contributed by atoms with Crippen LogP contribution in [0.3, 0.4) is 0 Å². The summed E-state index contributed by atoms with van der Waals surface area (Å²) < 4.78 is 15.9. The molecule has 3 aromatic rings. The number of hydrogen-bond donors (Lipinski definition) is 1. The molecule has 1 aliphatic rings. The summed E-state index contributed by atoms with van der Waals surface area (Å²) >= 11 is 0.